The molecule has 16 heavy (non-hydrogen) atoms. The summed E-state index contributed by atoms with van der Waals surface area (Å²) < 4.78 is 0. The second kappa shape index (κ2) is 4.41. The Kier molecular flexibility index (Phi) is 3.14. The summed E-state index contributed by atoms with van der Waals surface area (Å²) in [6.07, 6.45) is 0.382. The van der Waals surface area contributed by atoms with Crippen molar-refractivity contribution in [2.24, 2.45) is 11.8 Å². The zero-order chi connectivity index (χ0) is 11.7. The predicted molar refractivity (Wildman–Crippen MR) is 65.1 cm³/mol. The topological polar surface area (TPSA) is 59.2 Å². The number of amides is 1. The maximum Gasteiger partial charge on any atom is 0.228 e. The molecule has 0 bridgehead atoms. The molecule has 1 aliphatic heterocycles. The van der Waals surface area contributed by atoms with Crippen LogP contribution in [-0.4, -0.2) is 28.9 Å². The van der Waals surface area contributed by atoms with E-state index in [1.807, 2.05) is 10.3 Å². The highest BCUT2D eigenvalue weighted by Gasteiger charge is 2.29. The number of hydrogen-bond acceptors (Lipinski definition) is 4. The van der Waals surface area contributed by atoms with Crippen molar-refractivity contribution in [2.75, 3.05) is 18.8 Å². The molecule has 1 aromatic heterocycles. The number of anilines is 1. The molecule has 1 saturated heterocycles. The lowest BCUT2D eigenvalue weighted by atomic mass is 10.0. The first-order chi connectivity index (χ1) is 7.56. The number of aromatic nitrogens is 1. The maximum atomic E-state index is 12.0. The Morgan fingerprint density at radius 3 is 2.69 bits per heavy atom. The van der Waals surface area contributed by atoms with Gasteiger partial charge in [-0.3, -0.25) is 4.79 Å². The molecule has 0 saturated carbocycles. The summed E-state index contributed by atoms with van der Waals surface area (Å²) in [5.74, 6) is 1.37. The molecule has 2 heterocycles. The van der Waals surface area contributed by atoms with Crippen LogP contribution in [0.1, 0.15) is 19.5 Å². The second-order valence-electron chi connectivity index (χ2n) is 4.61. The van der Waals surface area contributed by atoms with E-state index in [0.717, 1.165) is 18.8 Å². The lowest BCUT2D eigenvalue weighted by molar-refractivity contribution is -0.129. The molecule has 0 aromatic carbocycles. The SMILES string of the molecule is CC1CN(C(=O)Cc2csc(N)n2)CC1C. The summed E-state index contributed by atoms with van der Waals surface area (Å²) in [4.78, 5) is 18.0. The largest absolute Gasteiger partial charge is 0.375 e. The highest BCUT2D eigenvalue weighted by Crippen LogP contribution is 2.23. The zero-order valence-corrected chi connectivity index (χ0v) is 10.5. The summed E-state index contributed by atoms with van der Waals surface area (Å²) in [5, 5.41) is 2.39. The van der Waals surface area contributed by atoms with Gasteiger partial charge in [-0.15, -0.1) is 11.3 Å². The first kappa shape index (κ1) is 11.4. The van der Waals surface area contributed by atoms with Gasteiger partial charge in [-0.2, -0.15) is 0 Å². The van der Waals surface area contributed by atoms with Gasteiger partial charge in [0.15, 0.2) is 5.13 Å². The molecular weight excluding hydrogens is 222 g/mol. The van der Waals surface area contributed by atoms with E-state index in [-0.39, 0.29) is 5.91 Å². The van der Waals surface area contributed by atoms with Gasteiger partial charge in [-0.05, 0) is 11.8 Å². The van der Waals surface area contributed by atoms with Crippen LogP contribution in [0.15, 0.2) is 5.38 Å². The molecule has 2 N–H and O–H groups in total. The fourth-order valence-electron chi connectivity index (χ4n) is 2.00. The van der Waals surface area contributed by atoms with E-state index in [4.69, 9.17) is 5.73 Å². The minimum atomic E-state index is 0.168. The normalized spacial score (nSPS) is 25.0. The van der Waals surface area contributed by atoms with Gasteiger partial charge >= 0.3 is 0 Å². The predicted octanol–water partition coefficient (Wildman–Crippen LogP) is 1.38. The molecule has 0 aliphatic carbocycles. The van der Waals surface area contributed by atoms with Crippen LogP contribution in [0.2, 0.25) is 0 Å². The van der Waals surface area contributed by atoms with Crippen LogP contribution < -0.4 is 5.73 Å². The Labute approximate surface area is 99.5 Å². The van der Waals surface area contributed by atoms with Gasteiger partial charge in [-0.25, -0.2) is 4.98 Å². The number of likely N-dealkylation sites (tertiary alicyclic amines) is 1. The molecule has 0 radical (unpaired) electrons. The quantitative estimate of drug-likeness (QED) is 0.848. The van der Waals surface area contributed by atoms with Crippen molar-refractivity contribution in [1.29, 1.82) is 0 Å². The number of carbonyl (C=O) groups excluding carboxylic acids is 1. The number of nitrogens with two attached hydrogens (primary N) is 1. The number of thiazole rings is 1. The van der Waals surface area contributed by atoms with Gasteiger partial charge in [0, 0.05) is 18.5 Å². The first-order valence-electron chi connectivity index (χ1n) is 5.54. The average Bonchev–Trinajstić information content (AvgIpc) is 2.75. The maximum absolute atomic E-state index is 12.0. The number of nitrogens with zero attached hydrogens (tertiary/aromatic N) is 2. The van der Waals surface area contributed by atoms with Crippen molar-refractivity contribution >= 4 is 22.4 Å². The molecule has 1 aromatic rings. The van der Waals surface area contributed by atoms with Crippen LogP contribution in [0.5, 0.6) is 0 Å². The highest BCUT2D eigenvalue weighted by atomic mass is 32.1. The van der Waals surface area contributed by atoms with E-state index in [1.165, 1.54) is 11.3 Å². The van der Waals surface area contributed by atoms with Gasteiger partial charge < -0.3 is 10.6 Å². The van der Waals surface area contributed by atoms with Crippen molar-refractivity contribution in [3.8, 4) is 0 Å². The smallest absolute Gasteiger partial charge is 0.228 e. The van der Waals surface area contributed by atoms with E-state index in [1.54, 1.807) is 0 Å². The number of carbonyl (C=O) groups is 1. The molecule has 0 spiro atoms. The van der Waals surface area contributed by atoms with Crippen LogP contribution in [0.3, 0.4) is 0 Å². The average molecular weight is 239 g/mol. The number of rotatable bonds is 2. The lowest BCUT2D eigenvalue weighted by Gasteiger charge is -2.14. The summed E-state index contributed by atoms with van der Waals surface area (Å²) in [5.41, 5.74) is 6.33. The second-order valence-corrected chi connectivity index (χ2v) is 5.50. The van der Waals surface area contributed by atoms with Crippen LogP contribution in [0, 0.1) is 11.8 Å². The van der Waals surface area contributed by atoms with Crippen LogP contribution in [0.4, 0.5) is 5.13 Å². The highest BCUT2D eigenvalue weighted by molar-refractivity contribution is 7.13. The monoisotopic (exact) mass is 239 g/mol. The molecule has 5 heteroatoms. The molecule has 1 amide bonds. The zero-order valence-electron chi connectivity index (χ0n) is 9.64. The van der Waals surface area contributed by atoms with E-state index in [2.05, 4.69) is 18.8 Å². The van der Waals surface area contributed by atoms with Crippen LogP contribution >= 0.6 is 11.3 Å². The Balaban J connectivity index is 1.94. The van der Waals surface area contributed by atoms with Gasteiger partial charge in [-0.1, -0.05) is 13.8 Å². The molecule has 88 valence electrons. The van der Waals surface area contributed by atoms with Crippen molar-refractivity contribution in [1.82, 2.24) is 9.88 Å². The standard InChI is InChI=1S/C11H17N3OS/c1-7-4-14(5-8(7)2)10(15)3-9-6-16-11(12)13-9/h6-8H,3-5H2,1-2H3,(H2,12,13). The Hall–Kier alpha value is -1.10. The van der Waals surface area contributed by atoms with Crippen LogP contribution in [-0.2, 0) is 11.2 Å². The third-order valence-corrected chi connectivity index (χ3v) is 3.97. The third kappa shape index (κ3) is 2.35. The summed E-state index contributed by atoms with van der Waals surface area (Å²) in [6.45, 7) is 6.14. The van der Waals surface area contributed by atoms with Gasteiger partial charge in [0.1, 0.15) is 0 Å². The molecule has 2 unspecified atom stereocenters. The minimum absolute atomic E-state index is 0.168. The van der Waals surface area contributed by atoms with Crippen molar-refractivity contribution < 1.29 is 4.79 Å². The fourth-order valence-corrected chi connectivity index (χ4v) is 2.57. The minimum Gasteiger partial charge on any atom is -0.375 e. The van der Waals surface area contributed by atoms with Crippen molar-refractivity contribution in [3.05, 3.63) is 11.1 Å². The van der Waals surface area contributed by atoms with Gasteiger partial charge in [0.05, 0.1) is 12.1 Å². The Bertz CT molecular complexity index is 380. The third-order valence-electron chi connectivity index (χ3n) is 3.24. The fraction of sp³-hybridized carbons (Fsp3) is 0.636. The van der Waals surface area contributed by atoms with E-state index in [0.29, 0.717) is 23.4 Å². The number of nitrogen functional groups attached to an aromatic ring is 1. The summed E-state index contributed by atoms with van der Waals surface area (Å²) >= 11 is 1.39. The molecule has 2 atom stereocenters. The van der Waals surface area contributed by atoms with Crippen molar-refractivity contribution in [2.45, 2.75) is 20.3 Å². The van der Waals surface area contributed by atoms with Gasteiger partial charge in [0.2, 0.25) is 5.91 Å². The lowest BCUT2D eigenvalue weighted by Crippen LogP contribution is -2.30. The van der Waals surface area contributed by atoms with E-state index >= 15 is 0 Å². The molecule has 1 aliphatic rings. The molecular formula is C11H17N3OS. The summed E-state index contributed by atoms with van der Waals surface area (Å²) in [7, 11) is 0. The number of hydrogen-bond donors (Lipinski definition) is 1. The summed E-state index contributed by atoms with van der Waals surface area (Å²) in [6, 6.07) is 0. The Morgan fingerprint density at radius 1 is 1.56 bits per heavy atom. The molecule has 4 nitrogen and oxygen atoms in total. The molecule has 1 fully saturated rings. The van der Waals surface area contributed by atoms with E-state index in [9.17, 15) is 4.79 Å². The van der Waals surface area contributed by atoms with Gasteiger partial charge in [0.25, 0.3) is 0 Å². The van der Waals surface area contributed by atoms with Crippen LogP contribution in [0.25, 0.3) is 0 Å². The van der Waals surface area contributed by atoms with E-state index < -0.39 is 0 Å². The first-order valence-corrected chi connectivity index (χ1v) is 6.42. The Morgan fingerprint density at radius 2 is 2.19 bits per heavy atom. The molecule has 2 rings (SSSR count). The van der Waals surface area contributed by atoms with Crippen molar-refractivity contribution in [3.63, 3.8) is 0 Å².